The van der Waals surface area contributed by atoms with Crippen LogP contribution in [0.25, 0.3) is 0 Å². The van der Waals surface area contributed by atoms with E-state index >= 15 is 0 Å². The lowest BCUT2D eigenvalue weighted by Crippen LogP contribution is -2.38. The Morgan fingerprint density at radius 2 is 2.35 bits per heavy atom. The fraction of sp³-hybridized carbons (Fsp3) is 0.583. The van der Waals surface area contributed by atoms with Crippen LogP contribution in [0.5, 0.6) is 0 Å². The van der Waals surface area contributed by atoms with Gasteiger partial charge in [-0.3, -0.25) is 4.79 Å². The molecule has 0 saturated carbocycles. The maximum Gasteiger partial charge on any atom is 0.220 e. The quantitative estimate of drug-likeness (QED) is 0.811. The molecule has 17 heavy (non-hydrogen) atoms. The molecule has 1 atom stereocenters. The topological polar surface area (TPSA) is 41.1 Å². The van der Waals surface area contributed by atoms with Crippen LogP contribution < -0.4 is 10.6 Å². The van der Waals surface area contributed by atoms with Gasteiger partial charge in [0.1, 0.15) is 0 Å². The zero-order valence-corrected chi connectivity index (χ0v) is 12.7. The number of likely N-dealkylation sites (N-methyl/N-ethyl adjacent to an activating group) is 1. The third-order valence-corrected chi connectivity index (χ3v) is 4.14. The molecule has 0 aliphatic rings. The van der Waals surface area contributed by atoms with Gasteiger partial charge in [0.05, 0.1) is 0 Å². The van der Waals surface area contributed by atoms with E-state index in [9.17, 15) is 4.79 Å². The molecule has 0 radical (unpaired) electrons. The van der Waals surface area contributed by atoms with E-state index in [1.807, 2.05) is 5.38 Å². The van der Waals surface area contributed by atoms with Crippen LogP contribution in [0.3, 0.4) is 0 Å². The maximum atomic E-state index is 11.6. The van der Waals surface area contributed by atoms with Gasteiger partial charge >= 0.3 is 0 Å². The molecule has 0 aromatic carbocycles. The fourth-order valence-corrected chi connectivity index (χ4v) is 2.95. The molecule has 0 spiro atoms. The van der Waals surface area contributed by atoms with Crippen LogP contribution in [0.4, 0.5) is 0 Å². The van der Waals surface area contributed by atoms with E-state index in [1.165, 1.54) is 4.88 Å². The van der Waals surface area contributed by atoms with E-state index in [-0.39, 0.29) is 5.91 Å². The first-order valence-corrected chi connectivity index (χ1v) is 7.52. The Morgan fingerprint density at radius 1 is 1.59 bits per heavy atom. The predicted octanol–water partition coefficient (Wildman–Crippen LogP) is 2.56. The average Bonchev–Trinajstić information content (AvgIpc) is 2.70. The minimum atomic E-state index is 0.124. The van der Waals surface area contributed by atoms with Crippen LogP contribution in [0.1, 0.15) is 25.1 Å². The molecule has 3 nitrogen and oxygen atoms in total. The maximum absolute atomic E-state index is 11.6. The number of rotatable bonds is 7. The first-order chi connectivity index (χ1) is 8.11. The van der Waals surface area contributed by atoms with Crippen molar-refractivity contribution in [3.63, 3.8) is 0 Å². The summed E-state index contributed by atoms with van der Waals surface area (Å²) in [4.78, 5) is 12.8. The monoisotopic (exact) mass is 318 g/mol. The van der Waals surface area contributed by atoms with Crippen LogP contribution in [0, 0.1) is 0 Å². The summed E-state index contributed by atoms with van der Waals surface area (Å²) in [5.41, 5.74) is 0. The molecule has 1 amide bonds. The van der Waals surface area contributed by atoms with E-state index in [4.69, 9.17) is 0 Å². The molecule has 0 aliphatic carbocycles. The lowest BCUT2D eigenvalue weighted by atomic mass is 10.2. The van der Waals surface area contributed by atoms with Gasteiger partial charge in [0.25, 0.3) is 0 Å². The molecule has 0 fully saturated rings. The third-order valence-electron chi connectivity index (χ3n) is 2.38. The normalized spacial score (nSPS) is 12.4. The lowest BCUT2D eigenvalue weighted by molar-refractivity contribution is -0.121. The van der Waals surface area contributed by atoms with Crippen molar-refractivity contribution in [3.8, 4) is 0 Å². The van der Waals surface area contributed by atoms with E-state index in [1.54, 1.807) is 11.3 Å². The van der Waals surface area contributed by atoms with Gasteiger partial charge in [-0.2, -0.15) is 0 Å². The molecule has 1 rings (SSSR count). The Balaban J connectivity index is 2.17. The van der Waals surface area contributed by atoms with E-state index in [0.29, 0.717) is 19.0 Å². The van der Waals surface area contributed by atoms with Crippen molar-refractivity contribution in [2.24, 2.45) is 0 Å². The van der Waals surface area contributed by atoms with Gasteiger partial charge in [0.2, 0.25) is 5.91 Å². The minimum Gasteiger partial charge on any atom is -0.355 e. The highest BCUT2D eigenvalue weighted by Gasteiger charge is 2.05. The van der Waals surface area contributed by atoms with Crippen LogP contribution in [-0.4, -0.2) is 25.0 Å². The Morgan fingerprint density at radius 3 is 2.94 bits per heavy atom. The highest BCUT2D eigenvalue weighted by Crippen LogP contribution is 2.20. The van der Waals surface area contributed by atoms with Gasteiger partial charge < -0.3 is 10.6 Å². The van der Waals surface area contributed by atoms with Crippen LogP contribution in [0.15, 0.2) is 15.9 Å². The van der Waals surface area contributed by atoms with Crippen molar-refractivity contribution < 1.29 is 4.79 Å². The number of amides is 1. The molecule has 1 aromatic rings. The Bertz CT molecular complexity index is 354. The lowest BCUT2D eigenvalue weighted by Gasteiger charge is -2.12. The van der Waals surface area contributed by atoms with Gasteiger partial charge in [0.15, 0.2) is 0 Å². The van der Waals surface area contributed by atoms with Crippen molar-refractivity contribution in [1.82, 2.24) is 10.6 Å². The van der Waals surface area contributed by atoms with Crippen molar-refractivity contribution >= 4 is 33.2 Å². The van der Waals surface area contributed by atoms with Gasteiger partial charge in [-0.15, -0.1) is 11.3 Å². The highest BCUT2D eigenvalue weighted by molar-refractivity contribution is 9.10. The molecule has 1 heterocycles. The second-order valence-corrected chi connectivity index (χ2v) is 5.91. The van der Waals surface area contributed by atoms with Crippen molar-refractivity contribution in [2.75, 3.05) is 13.1 Å². The molecule has 0 bridgehead atoms. The molecule has 0 saturated heterocycles. The number of halogens is 1. The Hall–Kier alpha value is -0.390. The fourth-order valence-electron chi connectivity index (χ4n) is 1.50. The van der Waals surface area contributed by atoms with Crippen molar-refractivity contribution in [1.29, 1.82) is 0 Å². The number of aryl methyl sites for hydroxylation is 1. The summed E-state index contributed by atoms with van der Waals surface area (Å²) in [6.07, 6.45) is 1.38. The Kier molecular flexibility index (Phi) is 6.77. The summed E-state index contributed by atoms with van der Waals surface area (Å²) in [5, 5.41) is 8.24. The SMILES string of the molecule is CCN[C@H](C)CNC(=O)CCc1cc(Br)cs1. The largest absolute Gasteiger partial charge is 0.355 e. The summed E-state index contributed by atoms with van der Waals surface area (Å²) >= 11 is 5.09. The van der Waals surface area contributed by atoms with Crippen LogP contribution in [0.2, 0.25) is 0 Å². The second kappa shape index (κ2) is 7.84. The molecule has 2 N–H and O–H groups in total. The zero-order valence-electron chi connectivity index (χ0n) is 10.3. The summed E-state index contributed by atoms with van der Waals surface area (Å²) in [6.45, 7) is 5.76. The van der Waals surface area contributed by atoms with Crippen LogP contribution >= 0.6 is 27.3 Å². The molecular weight excluding hydrogens is 300 g/mol. The summed E-state index contributed by atoms with van der Waals surface area (Å²) in [6, 6.07) is 2.40. The first kappa shape index (κ1) is 14.7. The average molecular weight is 319 g/mol. The number of thiophene rings is 1. The molecule has 5 heteroatoms. The van der Waals surface area contributed by atoms with Gasteiger partial charge in [-0.25, -0.2) is 0 Å². The summed E-state index contributed by atoms with van der Waals surface area (Å²) in [5.74, 6) is 0.124. The molecule has 96 valence electrons. The predicted molar refractivity (Wildman–Crippen MR) is 76.5 cm³/mol. The van der Waals surface area contributed by atoms with Crippen molar-refractivity contribution in [3.05, 3.63) is 20.8 Å². The smallest absolute Gasteiger partial charge is 0.220 e. The van der Waals surface area contributed by atoms with E-state index in [2.05, 4.69) is 46.5 Å². The second-order valence-electron chi connectivity index (χ2n) is 3.99. The number of hydrogen-bond donors (Lipinski definition) is 2. The summed E-state index contributed by atoms with van der Waals surface area (Å²) < 4.78 is 1.10. The minimum absolute atomic E-state index is 0.124. The number of nitrogens with one attached hydrogen (secondary N) is 2. The highest BCUT2D eigenvalue weighted by atomic mass is 79.9. The third kappa shape index (κ3) is 6.19. The number of carbonyl (C=O) groups is 1. The molecule has 0 unspecified atom stereocenters. The van der Waals surface area contributed by atoms with E-state index in [0.717, 1.165) is 17.4 Å². The molecule has 1 aromatic heterocycles. The summed E-state index contributed by atoms with van der Waals surface area (Å²) in [7, 11) is 0. The number of carbonyl (C=O) groups excluding carboxylic acids is 1. The number of hydrogen-bond acceptors (Lipinski definition) is 3. The van der Waals surface area contributed by atoms with Gasteiger partial charge in [-0.1, -0.05) is 6.92 Å². The Labute approximate surface area is 115 Å². The van der Waals surface area contributed by atoms with E-state index < -0.39 is 0 Å². The zero-order chi connectivity index (χ0) is 12.7. The molecular formula is C12H19BrN2OS. The van der Waals surface area contributed by atoms with Crippen LogP contribution in [-0.2, 0) is 11.2 Å². The standard InChI is InChI=1S/C12H19BrN2OS/c1-3-14-9(2)7-15-12(16)5-4-11-6-10(13)8-17-11/h6,8-9,14H,3-5,7H2,1-2H3,(H,15,16)/t9-/m1/s1. The van der Waals surface area contributed by atoms with Crippen molar-refractivity contribution in [2.45, 2.75) is 32.7 Å². The van der Waals surface area contributed by atoms with Gasteiger partial charge in [-0.05, 0) is 41.9 Å². The van der Waals surface area contributed by atoms with Gasteiger partial charge in [0, 0.05) is 33.7 Å². The first-order valence-electron chi connectivity index (χ1n) is 5.84. The molecule has 0 aliphatic heterocycles.